The Morgan fingerprint density at radius 3 is 2.53 bits per heavy atom. The van der Waals surface area contributed by atoms with Gasteiger partial charge in [-0.25, -0.2) is 0 Å². The van der Waals surface area contributed by atoms with E-state index in [1.807, 2.05) is 13.8 Å². The minimum atomic E-state index is -0.757. The van der Waals surface area contributed by atoms with Gasteiger partial charge in [0.1, 0.15) is 0 Å². The van der Waals surface area contributed by atoms with Crippen LogP contribution in [-0.4, -0.2) is 17.7 Å². The van der Waals surface area contributed by atoms with E-state index in [0.717, 1.165) is 12.1 Å². The molecule has 1 aliphatic heterocycles. The van der Waals surface area contributed by atoms with Crippen LogP contribution in [0.15, 0.2) is 18.2 Å². The first-order chi connectivity index (χ1) is 7.82. The highest BCUT2D eigenvalue weighted by Crippen LogP contribution is 2.42. The van der Waals surface area contributed by atoms with Gasteiger partial charge in [0.2, 0.25) is 0 Å². The number of hydrogen-bond acceptors (Lipinski definition) is 2. The smallest absolute Gasteiger partial charge is 0.0844 e. The van der Waals surface area contributed by atoms with Gasteiger partial charge in [-0.15, -0.1) is 0 Å². The lowest BCUT2D eigenvalue weighted by molar-refractivity contribution is 0.0775. The molecule has 1 aliphatic rings. The van der Waals surface area contributed by atoms with E-state index in [2.05, 4.69) is 43.9 Å². The molecule has 1 aromatic rings. The summed E-state index contributed by atoms with van der Waals surface area (Å²) in [7, 11) is 0. The lowest BCUT2D eigenvalue weighted by Gasteiger charge is -2.26. The molecule has 1 N–H and O–H groups in total. The summed E-state index contributed by atoms with van der Waals surface area (Å²) in [6, 6.07) is 6.79. The van der Waals surface area contributed by atoms with E-state index in [9.17, 15) is 5.11 Å². The first-order valence-electron chi connectivity index (χ1n) is 6.44. The third-order valence-electron chi connectivity index (χ3n) is 3.64. The highest BCUT2D eigenvalue weighted by Gasteiger charge is 2.32. The van der Waals surface area contributed by atoms with Crippen molar-refractivity contribution in [2.75, 3.05) is 11.4 Å². The molecule has 1 heterocycles. The highest BCUT2D eigenvalue weighted by molar-refractivity contribution is 5.64. The zero-order chi connectivity index (χ0) is 12.8. The fraction of sp³-hybridized carbons (Fsp3) is 0.600. The maximum Gasteiger partial charge on any atom is 0.0844 e. The predicted octanol–water partition coefficient (Wildman–Crippen LogP) is 3.25. The molecule has 0 aromatic heterocycles. The summed E-state index contributed by atoms with van der Waals surface area (Å²) >= 11 is 0. The van der Waals surface area contributed by atoms with Crippen LogP contribution in [0.1, 0.15) is 51.7 Å². The molecular weight excluding hydrogens is 210 g/mol. The van der Waals surface area contributed by atoms with Gasteiger partial charge in [-0.2, -0.15) is 0 Å². The van der Waals surface area contributed by atoms with E-state index in [1.54, 1.807) is 0 Å². The van der Waals surface area contributed by atoms with Crippen LogP contribution >= 0.6 is 0 Å². The summed E-state index contributed by atoms with van der Waals surface area (Å²) in [5, 5.41) is 10.3. The molecule has 0 bridgehead atoms. The first kappa shape index (κ1) is 12.4. The minimum absolute atomic E-state index is 0.495. The summed E-state index contributed by atoms with van der Waals surface area (Å²) in [6.07, 6.45) is 0. The van der Waals surface area contributed by atoms with Crippen LogP contribution in [0.3, 0.4) is 0 Å². The molecular formula is C15H23NO. The van der Waals surface area contributed by atoms with Gasteiger partial charge in [0.15, 0.2) is 0 Å². The van der Waals surface area contributed by atoms with E-state index in [-0.39, 0.29) is 0 Å². The Labute approximate surface area is 104 Å². The van der Waals surface area contributed by atoms with E-state index >= 15 is 0 Å². The SMILES string of the molecule is CC1CN(C(C)C)c2cccc(C(C)(C)O)c21. The molecule has 0 fully saturated rings. The molecule has 2 nitrogen and oxygen atoms in total. The molecule has 0 aliphatic carbocycles. The van der Waals surface area contributed by atoms with Crippen LogP contribution in [0.5, 0.6) is 0 Å². The van der Waals surface area contributed by atoms with Crippen LogP contribution in [-0.2, 0) is 5.60 Å². The van der Waals surface area contributed by atoms with Crippen LogP contribution in [0.25, 0.3) is 0 Å². The second kappa shape index (κ2) is 4.02. The van der Waals surface area contributed by atoms with Gasteiger partial charge in [0.25, 0.3) is 0 Å². The number of rotatable bonds is 2. The summed E-state index contributed by atoms with van der Waals surface area (Å²) in [5.41, 5.74) is 2.94. The molecule has 0 saturated carbocycles. The summed E-state index contributed by atoms with van der Waals surface area (Å²) < 4.78 is 0. The molecule has 17 heavy (non-hydrogen) atoms. The normalized spacial score (nSPS) is 19.9. The molecule has 0 saturated heterocycles. The van der Waals surface area contributed by atoms with Crippen LogP contribution < -0.4 is 4.90 Å². The Morgan fingerprint density at radius 1 is 1.35 bits per heavy atom. The molecule has 2 rings (SSSR count). The van der Waals surface area contributed by atoms with Gasteiger partial charge in [-0.3, -0.25) is 0 Å². The molecule has 1 atom stereocenters. The third-order valence-corrected chi connectivity index (χ3v) is 3.64. The molecule has 2 heteroatoms. The van der Waals surface area contributed by atoms with Crippen LogP contribution in [0.2, 0.25) is 0 Å². The minimum Gasteiger partial charge on any atom is -0.386 e. The zero-order valence-electron chi connectivity index (χ0n) is 11.5. The Bertz CT molecular complexity index is 417. The van der Waals surface area contributed by atoms with Crippen molar-refractivity contribution in [3.63, 3.8) is 0 Å². The number of nitrogens with zero attached hydrogens (tertiary/aromatic N) is 1. The van der Waals surface area contributed by atoms with Gasteiger partial charge >= 0.3 is 0 Å². The summed E-state index contributed by atoms with van der Waals surface area (Å²) in [6.45, 7) is 11.5. The monoisotopic (exact) mass is 233 g/mol. The maximum atomic E-state index is 10.3. The Morgan fingerprint density at radius 2 is 2.00 bits per heavy atom. The quantitative estimate of drug-likeness (QED) is 0.847. The average molecular weight is 233 g/mol. The van der Waals surface area contributed by atoms with Crippen molar-refractivity contribution in [1.82, 2.24) is 0 Å². The van der Waals surface area contributed by atoms with Gasteiger partial charge in [-0.1, -0.05) is 19.1 Å². The lowest BCUT2D eigenvalue weighted by atomic mass is 9.88. The van der Waals surface area contributed by atoms with Crippen molar-refractivity contribution < 1.29 is 5.11 Å². The third kappa shape index (κ3) is 2.06. The second-order valence-electron chi connectivity index (χ2n) is 5.94. The number of benzene rings is 1. The van der Waals surface area contributed by atoms with Crippen molar-refractivity contribution in [1.29, 1.82) is 0 Å². The fourth-order valence-electron chi connectivity index (χ4n) is 2.83. The summed E-state index contributed by atoms with van der Waals surface area (Å²) in [5.74, 6) is 0.495. The van der Waals surface area contributed by atoms with Crippen LogP contribution in [0, 0.1) is 0 Å². The highest BCUT2D eigenvalue weighted by atomic mass is 16.3. The van der Waals surface area contributed by atoms with Gasteiger partial charge < -0.3 is 10.0 Å². The largest absolute Gasteiger partial charge is 0.386 e. The number of anilines is 1. The van der Waals surface area contributed by atoms with Gasteiger partial charge in [0.05, 0.1) is 5.60 Å². The average Bonchev–Trinajstić information content (AvgIpc) is 2.55. The first-order valence-corrected chi connectivity index (χ1v) is 6.44. The zero-order valence-corrected chi connectivity index (χ0v) is 11.5. The molecule has 0 radical (unpaired) electrons. The summed E-state index contributed by atoms with van der Waals surface area (Å²) in [4.78, 5) is 2.43. The van der Waals surface area contributed by atoms with E-state index < -0.39 is 5.60 Å². The standard InChI is InChI=1S/C15H23NO/c1-10(2)16-9-11(3)14-12(15(4,5)17)7-6-8-13(14)16/h6-8,10-11,17H,9H2,1-5H3. The van der Waals surface area contributed by atoms with Crippen molar-refractivity contribution in [2.45, 2.75) is 52.2 Å². The second-order valence-corrected chi connectivity index (χ2v) is 5.94. The van der Waals surface area contributed by atoms with Crippen molar-refractivity contribution in [3.05, 3.63) is 29.3 Å². The molecule has 0 spiro atoms. The topological polar surface area (TPSA) is 23.5 Å². The van der Waals surface area contributed by atoms with Crippen molar-refractivity contribution >= 4 is 5.69 Å². The maximum absolute atomic E-state index is 10.3. The fourth-order valence-corrected chi connectivity index (χ4v) is 2.83. The van der Waals surface area contributed by atoms with Gasteiger partial charge in [0, 0.05) is 24.2 Å². The molecule has 1 aromatic carbocycles. The lowest BCUT2D eigenvalue weighted by Crippen LogP contribution is -2.28. The number of hydrogen-bond donors (Lipinski definition) is 1. The van der Waals surface area contributed by atoms with E-state index in [1.165, 1.54) is 11.3 Å². The molecule has 0 amide bonds. The number of aliphatic hydroxyl groups is 1. The molecule has 94 valence electrons. The van der Waals surface area contributed by atoms with Crippen molar-refractivity contribution in [3.8, 4) is 0 Å². The predicted molar refractivity (Wildman–Crippen MR) is 72.6 cm³/mol. The van der Waals surface area contributed by atoms with Crippen molar-refractivity contribution in [2.24, 2.45) is 0 Å². The number of fused-ring (bicyclic) bond motifs is 1. The Hall–Kier alpha value is -1.02. The van der Waals surface area contributed by atoms with Crippen LogP contribution in [0.4, 0.5) is 5.69 Å². The molecule has 1 unspecified atom stereocenters. The van der Waals surface area contributed by atoms with E-state index in [4.69, 9.17) is 0 Å². The van der Waals surface area contributed by atoms with Gasteiger partial charge in [-0.05, 0) is 44.9 Å². The Kier molecular flexibility index (Phi) is 2.94. The van der Waals surface area contributed by atoms with E-state index in [0.29, 0.717) is 12.0 Å². The Balaban J connectivity index is 2.56.